The zero-order valence-corrected chi connectivity index (χ0v) is 10.1. The highest BCUT2D eigenvalue weighted by Crippen LogP contribution is 2.22. The Balaban J connectivity index is 1.89. The number of carbonyl (C=O) groups excluding carboxylic acids is 1. The third kappa shape index (κ3) is 2.15. The molecule has 19 heavy (non-hydrogen) atoms. The van der Waals surface area contributed by atoms with Crippen LogP contribution >= 0.6 is 0 Å². The number of para-hydroxylation sites is 2. The second kappa shape index (κ2) is 4.49. The Hall–Kier alpha value is -2.75. The van der Waals surface area contributed by atoms with E-state index in [0.29, 0.717) is 11.3 Å². The van der Waals surface area contributed by atoms with Gasteiger partial charge >= 0.3 is 0 Å². The summed E-state index contributed by atoms with van der Waals surface area (Å²) in [4.78, 5) is 15.2. The molecule has 3 N–H and O–H groups in total. The van der Waals surface area contributed by atoms with Crippen molar-refractivity contribution >= 4 is 22.5 Å². The van der Waals surface area contributed by atoms with Gasteiger partial charge in [-0.25, -0.2) is 0 Å². The van der Waals surface area contributed by atoms with E-state index >= 15 is 0 Å². The number of nitrogens with one attached hydrogen (secondary N) is 2. The number of hydrogen-bond donors (Lipinski definition) is 3. The van der Waals surface area contributed by atoms with Crippen LogP contribution < -0.4 is 5.32 Å². The highest BCUT2D eigenvalue weighted by molar-refractivity contribution is 6.06. The molecule has 4 heteroatoms. The average molecular weight is 252 g/mol. The van der Waals surface area contributed by atoms with E-state index in [2.05, 4.69) is 10.3 Å². The van der Waals surface area contributed by atoms with Crippen LogP contribution in [0.3, 0.4) is 0 Å². The van der Waals surface area contributed by atoms with Gasteiger partial charge in [0, 0.05) is 17.3 Å². The number of carbonyl (C=O) groups is 1. The summed E-state index contributed by atoms with van der Waals surface area (Å²) in [5.74, 6) is -0.199. The number of aromatic nitrogens is 1. The number of phenolic OH excluding ortho intramolecular Hbond substituents is 1. The molecule has 0 spiro atoms. The molecule has 0 atom stereocenters. The first-order chi connectivity index (χ1) is 9.24. The molecule has 0 aliphatic carbocycles. The predicted molar refractivity (Wildman–Crippen MR) is 74.4 cm³/mol. The minimum atomic E-state index is -0.252. The summed E-state index contributed by atoms with van der Waals surface area (Å²) in [5.41, 5.74) is 1.85. The Bertz CT molecular complexity index is 746. The molecule has 0 saturated heterocycles. The van der Waals surface area contributed by atoms with Crippen molar-refractivity contribution in [3.8, 4) is 5.75 Å². The number of aromatic amines is 1. The fourth-order valence-corrected chi connectivity index (χ4v) is 1.96. The molecule has 0 aliphatic rings. The maximum Gasteiger partial charge on any atom is 0.255 e. The Morgan fingerprint density at radius 2 is 1.95 bits per heavy atom. The van der Waals surface area contributed by atoms with Gasteiger partial charge in [0.15, 0.2) is 0 Å². The fourth-order valence-electron chi connectivity index (χ4n) is 1.96. The Kier molecular flexibility index (Phi) is 2.68. The largest absolute Gasteiger partial charge is 0.506 e. The summed E-state index contributed by atoms with van der Waals surface area (Å²) >= 11 is 0. The molecule has 0 saturated carbocycles. The van der Waals surface area contributed by atoms with Crippen LogP contribution in [0.25, 0.3) is 10.9 Å². The van der Waals surface area contributed by atoms with Gasteiger partial charge in [-0.3, -0.25) is 4.79 Å². The highest BCUT2D eigenvalue weighted by atomic mass is 16.3. The molecule has 1 amide bonds. The number of phenols is 1. The van der Waals surface area contributed by atoms with Gasteiger partial charge in [0.05, 0.1) is 5.69 Å². The molecule has 0 unspecified atom stereocenters. The Morgan fingerprint density at radius 1 is 1.11 bits per heavy atom. The highest BCUT2D eigenvalue weighted by Gasteiger charge is 2.09. The van der Waals surface area contributed by atoms with E-state index in [1.54, 1.807) is 30.3 Å². The van der Waals surface area contributed by atoms with Crippen LogP contribution in [0.15, 0.2) is 54.7 Å². The lowest BCUT2D eigenvalue weighted by atomic mass is 10.1. The van der Waals surface area contributed by atoms with Gasteiger partial charge in [-0.05, 0) is 35.7 Å². The van der Waals surface area contributed by atoms with E-state index in [0.717, 1.165) is 10.9 Å². The quantitative estimate of drug-likeness (QED) is 0.613. The number of fused-ring (bicyclic) bond motifs is 1. The number of aromatic hydroxyl groups is 1. The summed E-state index contributed by atoms with van der Waals surface area (Å²) in [6.07, 6.45) is 1.83. The molecule has 3 aromatic rings. The van der Waals surface area contributed by atoms with Crippen LogP contribution in [0.1, 0.15) is 10.4 Å². The van der Waals surface area contributed by atoms with Gasteiger partial charge in [-0.15, -0.1) is 0 Å². The summed E-state index contributed by atoms with van der Waals surface area (Å²) in [6.45, 7) is 0. The third-order valence-electron chi connectivity index (χ3n) is 2.97. The van der Waals surface area contributed by atoms with Crippen molar-refractivity contribution in [2.75, 3.05) is 5.32 Å². The zero-order chi connectivity index (χ0) is 13.2. The van der Waals surface area contributed by atoms with E-state index in [1.165, 1.54) is 6.07 Å². The molecule has 0 fully saturated rings. The van der Waals surface area contributed by atoms with Crippen LogP contribution in [0.2, 0.25) is 0 Å². The fraction of sp³-hybridized carbons (Fsp3) is 0. The van der Waals surface area contributed by atoms with E-state index in [4.69, 9.17) is 0 Å². The van der Waals surface area contributed by atoms with Crippen molar-refractivity contribution in [3.63, 3.8) is 0 Å². The van der Waals surface area contributed by atoms with Gasteiger partial charge in [0.1, 0.15) is 5.75 Å². The number of amides is 1. The minimum absolute atomic E-state index is 0.0526. The van der Waals surface area contributed by atoms with Crippen molar-refractivity contribution in [2.24, 2.45) is 0 Å². The number of anilines is 1. The van der Waals surface area contributed by atoms with Crippen LogP contribution in [0.5, 0.6) is 5.75 Å². The second-order valence-electron chi connectivity index (χ2n) is 4.25. The predicted octanol–water partition coefficient (Wildman–Crippen LogP) is 3.13. The molecule has 1 heterocycles. The molecule has 94 valence electrons. The first-order valence-corrected chi connectivity index (χ1v) is 5.90. The van der Waals surface area contributed by atoms with Crippen molar-refractivity contribution in [1.82, 2.24) is 4.98 Å². The van der Waals surface area contributed by atoms with Crippen molar-refractivity contribution < 1.29 is 9.90 Å². The van der Waals surface area contributed by atoms with Crippen molar-refractivity contribution in [2.45, 2.75) is 0 Å². The molecule has 0 radical (unpaired) electrons. The average Bonchev–Trinajstić information content (AvgIpc) is 2.88. The number of H-pyrrole nitrogens is 1. The normalized spacial score (nSPS) is 10.5. The molecule has 4 nitrogen and oxygen atoms in total. The Labute approximate surface area is 109 Å². The molecule has 3 rings (SSSR count). The lowest BCUT2D eigenvalue weighted by Gasteiger charge is -2.07. The van der Waals surface area contributed by atoms with Crippen LogP contribution in [0.4, 0.5) is 5.69 Å². The first-order valence-electron chi connectivity index (χ1n) is 5.90. The number of rotatable bonds is 2. The maximum atomic E-state index is 12.1. The Morgan fingerprint density at radius 3 is 2.79 bits per heavy atom. The van der Waals surface area contributed by atoms with E-state index in [9.17, 15) is 9.90 Å². The van der Waals surface area contributed by atoms with E-state index in [-0.39, 0.29) is 11.7 Å². The summed E-state index contributed by atoms with van der Waals surface area (Å²) in [5, 5.41) is 13.4. The number of benzene rings is 2. The SMILES string of the molecule is O=C(Nc1ccccc1O)c1ccc2cc[nH]c2c1. The first kappa shape index (κ1) is 11.3. The zero-order valence-electron chi connectivity index (χ0n) is 10.1. The van der Waals surface area contributed by atoms with Crippen LogP contribution in [-0.2, 0) is 0 Å². The molecular formula is C15H12N2O2. The summed E-state index contributed by atoms with van der Waals surface area (Å²) in [6, 6.07) is 14.0. The molecule has 0 bridgehead atoms. The summed E-state index contributed by atoms with van der Waals surface area (Å²) in [7, 11) is 0. The van der Waals surface area contributed by atoms with Crippen LogP contribution in [0, 0.1) is 0 Å². The molecule has 2 aromatic carbocycles. The second-order valence-corrected chi connectivity index (χ2v) is 4.25. The van der Waals surface area contributed by atoms with Gasteiger partial charge in [-0.2, -0.15) is 0 Å². The smallest absolute Gasteiger partial charge is 0.255 e. The van der Waals surface area contributed by atoms with Gasteiger partial charge in [0.25, 0.3) is 5.91 Å². The maximum absolute atomic E-state index is 12.1. The standard InChI is InChI=1S/C15H12N2O2/c18-14-4-2-1-3-12(14)17-15(19)11-6-5-10-7-8-16-13(10)9-11/h1-9,16,18H,(H,17,19). The monoisotopic (exact) mass is 252 g/mol. The van der Waals surface area contributed by atoms with Gasteiger partial charge in [0.2, 0.25) is 0 Å². The summed E-state index contributed by atoms with van der Waals surface area (Å²) < 4.78 is 0. The lowest BCUT2D eigenvalue weighted by Crippen LogP contribution is -2.11. The molecule has 0 aliphatic heterocycles. The number of hydrogen-bond acceptors (Lipinski definition) is 2. The van der Waals surface area contributed by atoms with E-state index < -0.39 is 0 Å². The van der Waals surface area contributed by atoms with Crippen LogP contribution in [-0.4, -0.2) is 16.0 Å². The van der Waals surface area contributed by atoms with Crippen molar-refractivity contribution in [3.05, 3.63) is 60.3 Å². The van der Waals surface area contributed by atoms with Gasteiger partial charge in [-0.1, -0.05) is 18.2 Å². The van der Waals surface area contributed by atoms with E-state index in [1.807, 2.05) is 18.3 Å². The molecular weight excluding hydrogens is 240 g/mol. The lowest BCUT2D eigenvalue weighted by molar-refractivity contribution is 0.102. The minimum Gasteiger partial charge on any atom is -0.506 e. The van der Waals surface area contributed by atoms with Crippen molar-refractivity contribution in [1.29, 1.82) is 0 Å². The third-order valence-corrected chi connectivity index (χ3v) is 2.97. The molecule has 1 aromatic heterocycles. The van der Waals surface area contributed by atoms with Gasteiger partial charge < -0.3 is 15.4 Å². The topological polar surface area (TPSA) is 65.1 Å².